The van der Waals surface area contributed by atoms with E-state index in [9.17, 15) is 9.59 Å². The summed E-state index contributed by atoms with van der Waals surface area (Å²) in [4.78, 5) is 27.3. The van der Waals surface area contributed by atoms with Crippen molar-refractivity contribution in [1.82, 2.24) is 15.5 Å². The van der Waals surface area contributed by atoms with Gasteiger partial charge in [-0.3, -0.25) is 9.59 Å². The Kier molecular flexibility index (Phi) is 4.49. The van der Waals surface area contributed by atoms with Crippen LogP contribution in [0.4, 0.5) is 0 Å². The summed E-state index contributed by atoms with van der Waals surface area (Å²) in [5.41, 5.74) is 0.433. The number of carbonyl (C=O) groups excluding carboxylic acids is 2. The van der Waals surface area contributed by atoms with E-state index in [4.69, 9.17) is 0 Å². The largest absolute Gasteiger partial charge is 0.351 e. The van der Waals surface area contributed by atoms with E-state index in [-0.39, 0.29) is 11.8 Å². The fraction of sp³-hybridized carbons (Fsp3) is 0.625. The number of nitrogens with zero attached hydrogens (tertiary/aromatic N) is 1. The van der Waals surface area contributed by atoms with E-state index < -0.39 is 0 Å². The van der Waals surface area contributed by atoms with E-state index in [0.29, 0.717) is 12.0 Å². The molecule has 3 rings (SSSR count). The Hall–Kier alpha value is -1.40. The first kappa shape index (κ1) is 15.5. The van der Waals surface area contributed by atoms with Gasteiger partial charge < -0.3 is 15.5 Å². The second-order valence-corrected chi connectivity index (χ2v) is 7.56. The van der Waals surface area contributed by atoms with Crippen molar-refractivity contribution in [2.45, 2.75) is 32.7 Å². The van der Waals surface area contributed by atoms with E-state index in [0.717, 1.165) is 48.8 Å². The van der Waals surface area contributed by atoms with E-state index in [1.807, 2.05) is 17.0 Å². The van der Waals surface area contributed by atoms with E-state index in [1.54, 1.807) is 0 Å². The summed E-state index contributed by atoms with van der Waals surface area (Å²) >= 11 is 1.48. The molecule has 2 aliphatic rings. The molecule has 2 N–H and O–H groups in total. The Labute approximate surface area is 135 Å². The summed E-state index contributed by atoms with van der Waals surface area (Å²) in [6.07, 6.45) is 3.46. The molecular formula is C16H23N3O2S. The van der Waals surface area contributed by atoms with Crippen LogP contribution in [0.1, 0.15) is 40.7 Å². The van der Waals surface area contributed by atoms with Crippen LogP contribution in [0.2, 0.25) is 0 Å². The molecule has 0 aliphatic carbocycles. The number of hydrogen-bond acceptors (Lipinski definition) is 4. The number of hydrogen-bond donors (Lipinski definition) is 2. The quantitative estimate of drug-likeness (QED) is 0.889. The van der Waals surface area contributed by atoms with Crippen molar-refractivity contribution in [3.05, 3.63) is 21.9 Å². The molecule has 3 heterocycles. The molecule has 120 valence electrons. The molecule has 1 aromatic rings. The van der Waals surface area contributed by atoms with Gasteiger partial charge in [-0.05, 0) is 43.4 Å². The molecule has 0 atom stereocenters. The molecule has 2 aliphatic heterocycles. The third-order valence-corrected chi connectivity index (χ3v) is 5.90. The monoisotopic (exact) mass is 321 g/mol. The number of thiophene rings is 1. The first-order valence-corrected chi connectivity index (χ1v) is 8.73. The molecule has 0 radical (unpaired) electrons. The third kappa shape index (κ3) is 3.33. The van der Waals surface area contributed by atoms with Gasteiger partial charge in [0.1, 0.15) is 0 Å². The van der Waals surface area contributed by atoms with Crippen molar-refractivity contribution in [3.8, 4) is 0 Å². The molecule has 5 nitrogen and oxygen atoms in total. The molecule has 0 aromatic carbocycles. The second-order valence-electron chi connectivity index (χ2n) is 6.39. The van der Waals surface area contributed by atoms with Gasteiger partial charge >= 0.3 is 0 Å². The minimum absolute atomic E-state index is 0.0484. The Balaban J connectivity index is 1.57. The molecule has 2 amide bonds. The van der Waals surface area contributed by atoms with Crippen molar-refractivity contribution in [2.75, 3.05) is 26.2 Å². The van der Waals surface area contributed by atoms with Crippen molar-refractivity contribution in [1.29, 1.82) is 0 Å². The van der Waals surface area contributed by atoms with Gasteiger partial charge in [-0.1, -0.05) is 0 Å². The predicted molar refractivity (Wildman–Crippen MR) is 86.9 cm³/mol. The van der Waals surface area contributed by atoms with Gasteiger partial charge in [0, 0.05) is 31.4 Å². The van der Waals surface area contributed by atoms with Crippen molar-refractivity contribution in [3.63, 3.8) is 0 Å². The Morgan fingerprint density at radius 2 is 2.09 bits per heavy atom. The zero-order chi connectivity index (χ0) is 15.6. The second kappa shape index (κ2) is 6.38. The molecule has 0 bridgehead atoms. The van der Waals surface area contributed by atoms with E-state index in [1.165, 1.54) is 24.7 Å². The fourth-order valence-corrected chi connectivity index (χ4v) is 4.28. The normalized spacial score (nSPS) is 20.3. The van der Waals surface area contributed by atoms with Gasteiger partial charge in [-0.15, -0.1) is 11.3 Å². The van der Waals surface area contributed by atoms with Crippen LogP contribution in [0.25, 0.3) is 0 Å². The van der Waals surface area contributed by atoms with Crippen LogP contribution >= 0.6 is 11.3 Å². The summed E-state index contributed by atoms with van der Waals surface area (Å²) in [6.45, 7) is 5.95. The SMILES string of the molecule is CC(=O)NCc1ccc(C(=O)N2CCC3(CCNC3)CC2)s1. The van der Waals surface area contributed by atoms with Crippen molar-refractivity contribution < 1.29 is 9.59 Å². The highest BCUT2D eigenvalue weighted by Crippen LogP contribution is 2.37. The van der Waals surface area contributed by atoms with E-state index in [2.05, 4.69) is 10.6 Å². The maximum atomic E-state index is 12.6. The average molecular weight is 321 g/mol. The molecule has 1 spiro atoms. The number of carbonyl (C=O) groups is 2. The van der Waals surface area contributed by atoms with Gasteiger partial charge in [0.15, 0.2) is 0 Å². The zero-order valence-electron chi connectivity index (χ0n) is 13.0. The van der Waals surface area contributed by atoms with E-state index >= 15 is 0 Å². The molecular weight excluding hydrogens is 298 g/mol. The van der Waals surface area contributed by atoms with Crippen molar-refractivity contribution >= 4 is 23.2 Å². The lowest BCUT2D eigenvalue weighted by Crippen LogP contribution is -2.43. The standard InChI is InChI=1S/C16H23N3O2S/c1-12(20)18-10-13-2-3-14(22-13)15(21)19-8-5-16(6-9-19)4-7-17-11-16/h2-3,17H,4-11H2,1H3,(H,18,20). The first-order valence-electron chi connectivity index (χ1n) is 7.91. The van der Waals surface area contributed by atoms with Crippen LogP contribution in [-0.2, 0) is 11.3 Å². The Bertz CT molecular complexity index is 553. The smallest absolute Gasteiger partial charge is 0.263 e. The van der Waals surface area contributed by atoms with Crippen LogP contribution < -0.4 is 10.6 Å². The zero-order valence-corrected chi connectivity index (χ0v) is 13.8. The lowest BCUT2D eigenvalue weighted by Gasteiger charge is -2.38. The Morgan fingerprint density at radius 1 is 1.32 bits per heavy atom. The van der Waals surface area contributed by atoms with Crippen LogP contribution in [0.3, 0.4) is 0 Å². The molecule has 2 saturated heterocycles. The highest BCUT2D eigenvalue weighted by molar-refractivity contribution is 7.14. The van der Waals surface area contributed by atoms with Crippen LogP contribution in [0.15, 0.2) is 12.1 Å². The maximum Gasteiger partial charge on any atom is 0.263 e. The average Bonchev–Trinajstić information content (AvgIpc) is 3.15. The number of piperidine rings is 1. The highest BCUT2D eigenvalue weighted by atomic mass is 32.1. The summed E-state index contributed by atoms with van der Waals surface area (Å²) < 4.78 is 0. The Morgan fingerprint density at radius 3 is 2.73 bits per heavy atom. The van der Waals surface area contributed by atoms with Gasteiger partial charge in [0.05, 0.1) is 11.4 Å². The summed E-state index contributed by atoms with van der Waals surface area (Å²) in [5, 5.41) is 6.22. The van der Waals surface area contributed by atoms with Gasteiger partial charge in [-0.2, -0.15) is 0 Å². The predicted octanol–water partition coefficient (Wildman–Crippen LogP) is 1.60. The van der Waals surface area contributed by atoms with Crippen LogP contribution in [0.5, 0.6) is 0 Å². The molecule has 0 unspecified atom stereocenters. The van der Waals surface area contributed by atoms with Crippen LogP contribution in [0, 0.1) is 5.41 Å². The highest BCUT2D eigenvalue weighted by Gasteiger charge is 2.38. The topological polar surface area (TPSA) is 61.4 Å². The fourth-order valence-electron chi connectivity index (χ4n) is 3.36. The lowest BCUT2D eigenvalue weighted by atomic mass is 9.78. The minimum atomic E-state index is -0.0484. The van der Waals surface area contributed by atoms with Crippen molar-refractivity contribution in [2.24, 2.45) is 5.41 Å². The summed E-state index contributed by atoms with van der Waals surface area (Å²) in [5.74, 6) is 0.0904. The molecule has 0 saturated carbocycles. The number of likely N-dealkylation sites (tertiary alicyclic amines) is 1. The molecule has 1 aromatic heterocycles. The maximum absolute atomic E-state index is 12.6. The summed E-state index contributed by atoms with van der Waals surface area (Å²) in [6, 6.07) is 3.81. The lowest BCUT2D eigenvalue weighted by molar-refractivity contribution is -0.119. The third-order valence-electron chi connectivity index (χ3n) is 4.83. The van der Waals surface area contributed by atoms with Crippen LogP contribution in [-0.4, -0.2) is 42.9 Å². The summed E-state index contributed by atoms with van der Waals surface area (Å²) in [7, 11) is 0. The molecule has 6 heteroatoms. The van der Waals surface area contributed by atoms with Gasteiger partial charge in [0.2, 0.25) is 5.91 Å². The number of nitrogens with one attached hydrogen (secondary N) is 2. The first-order chi connectivity index (χ1) is 10.6. The van der Waals surface area contributed by atoms with Gasteiger partial charge in [0.25, 0.3) is 5.91 Å². The number of rotatable bonds is 3. The molecule has 2 fully saturated rings. The van der Waals surface area contributed by atoms with Gasteiger partial charge in [-0.25, -0.2) is 0 Å². The number of amides is 2. The minimum Gasteiger partial charge on any atom is -0.351 e. The molecule has 22 heavy (non-hydrogen) atoms.